The Morgan fingerprint density at radius 1 is 1.58 bits per heavy atom. The fourth-order valence-corrected chi connectivity index (χ4v) is 1.39. The van der Waals surface area contributed by atoms with Crippen LogP contribution < -0.4 is 4.72 Å². The average molecular weight is 206 g/mol. The fraction of sp³-hybridized carbons (Fsp3) is 0.143. The molecule has 0 aromatic heterocycles. The molecule has 1 aromatic rings. The summed E-state index contributed by atoms with van der Waals surface area (Å²) < 4.78 is 21.2. The molecule has 0 spiro atoms. The maximum atomic E-state index is 10.4. The summed E-state index contributed by atoms with van der Waals surface area (Å²) in [4.78, 5) is 0. The van der Waals surface area contributed by atoms with Gasteiger partial charge in [-0.05, 0) is 24.6 Å². The lowest BCUT2D eigenvalue weighted by molar-refractivity contribution is 0.570. The van der Waals surface area contributed by atoms with Crippen LogP contribution in [0.1, 0.15) is 5.56 Å². The van der Waals surface area contributed by atoms with Crippen LogP contribution in [0.4, 0.5) is 5.69 Å². The van der Waals surface area contributed by atoms with E-state index in [4.69, 9.17) is 16.2 Å². The summed E-state index contributed by atoms with van der Waals surface area (Å²) in [5.41, 5.74) is 1.45. The molecular weight excluding hydrogens is 198 g/mol. The number of hydrogen-bond donors (Lipinski definition) is 2. The van der Waals surface area contributed by atoms with Crippen molar-refractivity contribution in [3.63, 3.8) is 0 Å². The van der Waals surface area contributed by atoms with E-state index in [-0.39, 0.29) is 0 Å². The second-order valence-corrected chi connectivity index (χ2v) is 3.44. The second kappa shape index (κ2) is 3.89. The third kappa shape index (κ3) is 2.48. The summed E-state index contributed by atoms with van der Waals surface area (Å²) in [5.74, 6) is 0. The van der Waals surface area contributed by atoms with Gasteiger partial charge in [-0.3, -0.25) is 9.27 Å². The molecule has 1 atom stereocenters. The molecule has 2 N–H and O–H groups in total. The highest BCUT2D eigenvalue weighted by Gasteiger charge is 2.01. The van der Waals surface area contributed by atoms with E-state index in [2.05, 4.69) is 4.72 Å². The molecule has 1 unspecified atom stereocenters. The first-order valence-electron chi connectivity index (χ1n) is 3.23. The Labute approximate surface area is 78.2 Å². The van der Waals surface area contributed by atoms with E-state index in [1.807, 2.05) is 13.0 Å². The maximum absolute atomic E-state index is 10.4. The SMILES string of the molecule is Cc1ccc(Cl)c(NS(=O)O)c1. The average Bonchev–Trinajstić information content (AvgIpc) is 1.96. The van der Waals surface area contributed by atoms with Crippen LogP contribution in [0.25, 0.3) is 0 Å². The molecule has 0 aliphatic carbocycles. The van der Waals surface area contributed by atoms with Crippen molar-refractivity contribution in [2.24, 2.45) is 0 Å². The van der Waals surface area contributed by atoms with Crippen LogP contribution in [0.2, 0.25) is 5.02 Å². The van der Waals surface area contributed by atoms with Gasteiger partial charge in [0.05, 0.1) is 10.7 Å². The lowest BCUT2D eigenvalue weighted by atomic mass is 10.2. The standard InChI is InChI=1S/C7H8ClNO2S/c1-5-2-3-6(8)7(4-5)9-12(10)11/h2-4,9H,1H3,(H,10,11). The van der Waals surface area contributed by atoms with Gasteiger partial charge in [-0.1, -0.05) is 17.7 Å². The number of hydrogen-bond acceptors (Lipinski definition) is 1. The molecule has 0 saturated carbocycles. The zero-order valence-corrected chi connectivity index (χ0v) is 7.95. The minimum atomic E-state index is -2.07. The van der Waals surface area contributed by atoms with Gasteiger partial charge in [-0.25, -0.2) is 4.21 Å². The summed E-state index contributed by atoms with van der Waals surface area (Å²) in [6, 6.07) is 5.20. The molecule has 0 amide bonds. The van der Waals surface area contributed by atoms with E-state index in [0.717, 1.165) is 5.56 Å². The Morgan fingerprint density at radius 3 is 2.83 bits per heavy atom. The molecule has 0 aliphatic rings. The smallest absolute Gasteiger partial charge is 0.259 e. The van der Waals surface area contributed by atoms with Crippen LogP contribution in [0.5, 0.6) is 0 Å². The highest BCUT2D eigenvalue weighted by Crippen LogP contribution is 2.22. The minimum Gasteiger partial charge on any atom is -0.289 e. The van der Waals surface area contributed by atoms with Crippen molar-refractivity contribution in [3.05, 3.63) is 28.8 Å². The van der Waals surface area contributed by atoms with Crippen molar-refractivity contribution in [2.45, 2.75) is 6.92 Å². The van der Waals surface area contributed by atoms with Crippen LogP contribution in [0.15, 0.2) is 18.2 Å². The number of halogens is 1. The molecule has 0 bridgehead atoms. The van der Waals surface area contributed by atoms with E-state index in [1.165, 1.54) is 0 Å². The molecular formula is C7H8ClNO2S. The Morgan fingerprint density at radius 2 is 2.25 bits per heavy atom. The van der Waals surface area contributed by atoms with Crippen molar-refractivity contribution in [1.29, 1.82) is 0 Å². The van der Waals surface area contributed by atoms with Gasteiger partial charge in [0.25, 0.3) is 11.3 Å². The van der Waals surface area contributed by atoms with Crippen LogP contribution >= 0.6 is 11.6 Å². The Balaban J connectivity index is 2.97. The third-order valence-corrected chi connectivity index (χ3v) is 2.04. The van der Waals surface area contributed by atoms with Gasteiger partial charge in [-0.2, -0.15) is 0 Å². The summed E-state index contributed by atoms with van der Waals surface area (Å²) in [7, 11) is 0. The molecule has 5 heteroatoms. The van der Waals surface area contributed by atoms with Gasteiger partial charge >= 0.3 is 0 Å². The highest BCUT2D eigenvalue weighted by atomic mass is 35.5. The quantitative estimate of drug-likeness (QED) is 0.728. The predicted octanol–water partition coefficient (Wildman–Crippen LogP) is 2.20. The van der Waals surface area contributed by atoms with E-state index >= 15 is 0 Å². The van der Waals surface area contributed by atoms with Crippen molar-refractivity contribution in [1.82, 2.24) is 0 Å². The molecule has 0 saturated heterocycles. The van der Waals surface area contributed by atoms with E-state index in [9.17, 15) is 4.21 Å². The van der Waals surface area contributed by atoms with Crippen LogP contribution in [0, 0.1) is 6.92 Å². The summed E-state index contributed by atoms with van der Waals surface area (Å²) in [6.07, 6.45) is 0. The zero-order chi connectivity index (χ0) is 9.14. The molecule has 0 aliphatic heterocycles. The van der Waals surface area contributed by atoms with Gasteiger partial charge in [0.2, 0.25) is 0 Å². The van der Waals surface area contributed by atoms with Gasteiger partial charge < -0.3 is 0 Å². The maximum Gasteiger partial charge on any atom is 0.259 e. The van der Waals surface area contributed by atoms with Crippen molar-refractivity contribution in [2.75, 3.05) is 4.72 Å². The van der Waals surface area contributed by atoms with Crippen LogP contribution in [-0.2, 0) is 11.3 Å². The fourth-order valence-electron chi connectivity index (χ4n) is 0.811. The molecule has 66 valence electrons. The summed E-state index contributed by atoms with van der Waals surface area (Å²) >= 11 is 3.66. The third-order valence-electron chi connectivity index (χ3n) is 1.32. The second-order valence-electron chi connectivity index (χ2n) is 2.33. The van der Waals surface area contributed by atoms with Crippen molar-refractivity contribution < 1.29 is 8.76 Å². The zero-order valence-electron chi connectivity index (χ0n) is 6.37. The van der Waals surface area contributed by atoms with Gasteiger partial charge in [-0.15, -0.1) is 0 Å². The van der Waals surface area contributed by atoms with E-state index < -0.39 is 11.3 Å². The number of nitrogens with one attached hydrogen (secondary N) is 1. The Kier molecular flexibility index (Phi) is 3.08. The molecule has 0 radical (unpaired) electrons. The largest absolute Gasteiger partial charge is 0.289 e. The molecule has 12 heavy (non-hydrogen) atoms. The predicted molar refractivity (Wildman–Crippen MR) is 50.6 cm³/mol. The Bertz CT molecular complexity index is 316. The summed E-state index contributed by atoms with van der Waals surface area (Å²) in [6.45, 7) is 1.88. The first kappa shape index (κ1) is 9.51. The molecule has 1 rings (SSSR count). The molecule has 0 heterocycles. The lowest BCUT2D eigenvalue weighted by Gasteiger charge is -2.04. The van der Waals surface area contributed by atoms with E-state index in [0.29, 0.717) is 10.7 Å². The van der Waals surface area contributed by atoms with E-state index in [1.54, 1.807) is 12.1 Å². The number of aryl methyl sites for hydroxylation is 1. The van der Waals surface area contributed by atoms with Crippen molar-refractivity contribution >= 4 is 28.6 Å². The monoisotopic (exact) mass is 205 g/mol. The molecule has 0 fully saturated rings. The Hall–Kier alpha value is -0.580. The molecule has 3 nitrogen and oxygen atoms in total. The van der Waals surface area contributed by atoms with Crippen LogP contribution in [0.3, 0.4) is 0 Å². The summed E-state index contributed by atoms with van der Waals surface area (Å²) in [5, 5.41) is 0.433. The first-order chi connectivity index (χ1) is 5.59. The topological polar surface area (TPSA) is 49.3 Å². The normalized spacial score (nSPS) is 12.6. The first-order valence-corrected chi connectivity index (χ1v) is 4.72. The minimum absolute atomic E-state index is 0.433. The van der Waals surface area contributed by atoms with Crippen molar-refractivity contribution in [3.8, 4) is 0 Å². The molecule has 1 aromatic carbocycles. The lowest BCUT2D eigenvalue weighted by Crippen LogP contribution is -2.02. The van der Waals surface area contributed by atoms with Gasteiger partial charge in [0, 0.05) is 0 Å². The van der Waals surface area contributed by atoms with Gasteiger partial charge in [0.1, 0.15) is 0 Å². The number of rotatable bonds is 2. The van der Waals surface area contributed by atoms with Gasteiger partial charge in [0.15, 0.2) is 0 Å². The van der Waals surface area contributed by atoms with Crippen LogP contribution in [-0.4, -0.2) is 8.76 Å². The highest BCUT2D eigenvalue weighted by molar-refractivity contribution is 7.80. The number of anilines is 1. The number of benzene rings is 1.